The van der Waals surface area contributed by atoms with Crippen LogP contribution in [0.4, 0.5) is 5.00 Å². The van der Waals surface area contributed by atoms with Gasteiger partial charge in [-0.25, -0.2) is 9.48 Å². The summed E-state index contributed by atoms with van der Waals surface area (Å²) in [5, 5.41) is 7.52. The van der Waals surface area contributed by atoms with Gasteiger partial charge in [-0.05, 0) is 50.7 Å². The number of aromatic nitrogens is 2. The second kappa shape index (κ2) is 10.3. The number of rotatable bonds is 8. The molecule has 0 aliphatic rings. The highest BCUT2D eigenvalue weighted by molar-refractivity contribution is 8.01. The predicted molar refractivity (Wildman–Crippen MR) is 127 cm³/mol. The number of nitrogens with zero attached hydrogens (tertiary/aromatic N) is 2. The predicted octanol–water partition coefficient (Wildman–Crippen LogP) is 5.14. The van der Waals surface area contributed by atoms with Gasteiger partial charge >= 0.3 is 5.97 Å². The summed E-state index contributed by atoms with van der Waals surface area (Å²) < 4.78 is 7.98. The number of Topliss-reactive ketones (excluding diaryl/α,β-unsaturated/α-hetero) is 1. The lowest BCUT2D eigenvalue weighted by Crippen LogP contribution is -2.16. The maximum Gasteiger partial charge on any atom is 0.341 e. The second-order valence-electron chi connectivity index (χ2n) is 6.26. The van der Waals surface area contributed by atoms with Gasteiger partial charge in [0.15, 0.2) is 14.1 Å². The highest BCUT2D eigenvalue weighted by atomic mass is 32.2. The molecule has 0 saturated carbocycles. The Hall–Kier alpha value is -2.34. The minimum atomic E-state index is -0.564. The molecule has 0 fully saturated rings. The van der Waals surface area contributed by atoms with Crippen molar-refractivity contribution in [1.82, 2.24) is 9.78 Å². The quantitative estimate of drug-likeness (QED) is 0.201. The third-order valence-electron chi connectivity index (χ3n) is 4.06. The Morgan fingerprint density at radius 1 is 1.23 bits per heavy atom. The fraction of sp³-hybridized carbons (Fsp3) is 0.250. The number of esters is 1. The van der Waals surface area contributed by atoms with Gasteiger partial charge in [-0.2, -0.15) is 0 Å². The third kappa shape index (κ3) is 5.48. The van der Waals surface area contributed by atoms with E-state index in [1.807, 2.05) is 30.3 Å². The van der Waals surface area contributed by atoms with Crippen LogP contribution in [0.3, 0.4) is 0 Å². The highest BCUT2D eigenvalue weighted by Crippen LogP contribution is 2.34. The Kier molecular flexibility index (Phi) is 7.76. The molecular weight excluding hydrogens is 475 g/mol. The molecule has 162 valence electrons. The number of amides is 1. The van der Waals surface area contributed by atoms with E-state index in [4.69, 9.17) is 17.0 Å². The van der Waals surface area contributed by atoms with E-state index in [-0.39, 0.29) is 29.6 Å². The van der Waals surface area contributed by atoms with E-state index in [0.29, 0.717) is 23.7 Å². The molecule has 0 atom stereocenters. The van der Waals surface area contributed by atoms with Crippen LogP contribution in [0.15, 0.2) is 34.7 Å². The number of anilines is 1. The number of carbonyl (C=O) groups is 3. The smallest absolute Gasteiger partial charge is 0.341 e. The molecule has 1 aromatic carbocycles. The van der Waals surface area contributed by atoms with Crippen molar-refractivity contribution < 1.29 is 19.1 Å². The van der Waals surface area contributed by atoms with Crippen molar-refractivity contribution in [1.29, 1.82) is 0 Å². The first-order valence-corrected chi connectivity index (χ1v) is 12.2. The molecule has 2 heterocycles. The van der Waals surface area contributed by atoms with E-state index in [1.54, 1.807) is 18.5 Å². The molecule has 0 unspecified atom stereocenters. The zero-order valence-corrected chi connectivity index (χ0v) is 20.2. The van der Waals surface area contributed by atoms with Crippen molar-refractivity contribution in [2.24, 2.45) is 0 Å². The van der Waals surface area contributed by atoms with Gasteiger partial charge in [0.1, 0.15) is 5.00 Å². The second-order valence-corrected chi connectivity index (χ2v) is 10.1. The van der Waals surface area contributed by atoms with Crippen LogP contribution >= 0.6 is 46.7 Å². The number of thioether (sulfide) groups is 1. The third-order valence-corrected chi connectivity index (χ3v) is 7.73. The van der Waals surface area contributed by atoms with Gasteiger partial charge in [-0.3, -0.25) is 9.59 Å². The Morgan fingerprint density at radius 2 is 1.94 bits per heavy atom. The SMILES string of the molecule is CCOC(=O)c1c(NC(=O)CSc2nn(-c3ccccc3)c(=S)s2)sc(C(C)=O)c1C. The lowest BCUT2D eigenvalue weighted by molar-refractivity contribution is -0.113. The molecule has 0 aliphatic carbocycles. The maximum atomic E-state index is 12.6. The largest absolute Gasteiger partial charge is 0.462 e. The van der Waals surface area contributed by atoms with Gasteiger partial charge in [-0.15, -0.1) is 16.4 Å². The Morgan fingerprint density at radius 3 is 2.58 bits per heavy atom. The van der Waals surface area contributed by atoms with E-state index < -0.39 is 5.97 Å². The van der Waals surface area contributed by atoms with Crippen molar-refractivity contribution in [3.05, 3.63) is 50.3 Å². The number of carbonyl (C=O) groups excluding carboxylic acids is 3. The van der Waals surface area contributed by atoms with Gasteiger partial charge in [0, 0.05) is 0 Å². The topological polar surface area (TPSA) is 90.3 Å². The summed E-state index contributed by atoms with van der Waals surface area (Å²) in [5.41, 5.74) is 1.59. The summed E-state index contributed by atoms with van der Waals surface area (Å²) in [4.78, 5) is 37.2. The normalized spacial score (nSPS) is 10.7. The van der Waals surface area contributed by atoms with E-state index >= 15 is 0 Å². The molecule has 2 aromatic heterocycles. The molecule has 0 radical (unpaired) electrons. The molecule has 11 heteroatoms. The van der Waals surface area contributed by atoms with Crippen LogP contribution in [-0.2, 0) is 9.53 Å². The van der Waals surface area contributed by atoms with Crippen molar-refractivity contribution in [2.75, 3.05) is 17.7 Å². The summed E-state index contributed by atoms with van der Waals surface area (Å²) in [6, 6.07) is 9.51. The van der Waals surface area contributed by atoms with Crippen LogP contribution in [0.5, 0.6) is 0 Å². The monoisotopic (exact) mass is 493 g/mol. The van der Waals surface area contributed by atoms with Crippen LogP contribution in [-0.4, -0.2) is 39.8 Å². The lowest BCUT2D eigenvalue weighted by Gasteiger charge is -2.06. The van der Waals surface area contributed by atoms with Crippen LogP contribution < -0.4 is 5.32 Å². The summed E-state index contributed by atoms with van der Waals surface area (Å²) >= 11 is 9.02. The van der Waals surface area contributed by atoms with Crippen LogP contribution in [0.1, 0.15) is 39.4 Å². The number of para-hydroxylation sites is 1. The molecule has 0 aliphatic heterocycles. The average Bonchev–Trinajstić information content (AvgIpc) is 3.27. The zero-order chi connectivity index (χ0) is 22.5. The fourth-order valence-corrected chi connectivity index (χ4v) is 6.00. The Balaban J connectivity index is 1.73. The molecule has 0 spiro atoms. The first-order chi connectivity index (χ1) is 14.8. The van der Waals surface area contributed by atoms with Crippen LogP contribution in [0.25, 0.3) is 5.69 Å². The summed E-state index contributed by atoms with van der Waals surface area (Å²) in [5.74, 6) is -0.981. The van der Waals surface area contributed by atoms with Gasteiger partial charge in [0.05, 0.1) is 28.5 Å². The number of nitrogens with one attached hydrogen (secondary N) is 1. The standard InChI is InChI=1S/C20H19N3O4S4/c1-4-27-18(26)15-11(2)16(12(3)24)30-17(15)21-14(25)10-29-19-22-23(20(28)31-19)13-8-6-5-7-9-13/h5-9H,4,10H2,1-3H3,(H,21,25). The molecule has 1 N–H and O–H groups in total. The first-order valence-electron chi connectivity index (χ1n) is 9.21. The van der Waals surface area contributed by atoms with E-state index in [2.05, 4.69) is 10.4 Å². The zero-order valence-electron chi connectivity index (χ0n) is 17.0. The van der Waals surface area contributed by atoms with Gasteiger partial charge < -0.3 is 10.1 Å². The molecule has 3 rings (SSSR count). The van der Waals surface area contributed by atoms with E-state index in [1.165, 1.54) is 30.0 Å². The number of ketones is 1. The summed E-state index contributed by atoms with van der Waals surface area (Å²) in [7, 11) is 0. The number of benzene rings is 1. The van der Waals surface area contributed by atoms with E-state index in [0.717, 1.165) is 17.0 Å². The number of thiophene rings is 1. The van der Waals surface area contributed by atoms with Crippen molar-refractivity contribution >= 4 is 69.3 Å². The van der Waals surface area contributed by atoms with E-state index in [9.17, 15) is 14.4 Å². The number of hydrogen-bond acceptors (Lipinski definition) is 9. The van der Waals surface area contributed by atoms with Crippen LogP contribution in [0.2, 0.25) is 0 Å². The molecule has 7 nitrogen and oxygen atoms in total. The minimum absolute atomic E-state index is 0.0751. The molecule has 0 saturated heterocycles. The van der Waals surface area contributed by atoms with Gasteiger partial charge in [-0.1, -0.05) is 41.3 Å². The average molecular weight is 494 g/mol. The lowest BCUT2D eigenvalue weighted by atomic mass is 10.1. The fourth-order valence-electron chi connectivity index (χ4n) is 2.73. The summed E-state index contributed by atoms with van der Waals surface area (Å²) in [6.07, 6.45) is 0. The number of hydrogen-bond donors (Lipinski definition) is 1. The van der Waals surface area contributed by atoms with Gasteiger partial charge in [0.25, 0.3) is 0 Å². The van der Waals surface area contributed by atoms with Crippen molar-refractivity contribution in [3.8, 4) is 5.69 Å². The van der Waals surface area contributed by atoms with Gasteiger partial charge in [0.2, 0.25) is 5.91 Å². The molecular formula is C20H19N3O4S4. The van der Waals surface area contributed by atoms with Crippen molar-refractivity contribution in [2.45, 2.75) is 25.1 Å². The molecule has 0 bridgehead atoms. The summed E-state index contributed by atoms with van der Waals surface area (Å²) in [6.45, 7) is 4.99. The Bertz CT molecular complexity index is 1180. The maximum absolute atomic E-state index is 12.6. The molecule has 3 aromatic rings. The highest BCUT2D eigenvalue weighted by Gasteiger charge is 2.25. The van der Waals surface area contributed by atoms with Crippen LogP contribution in [0, 0.1) is 10.9 Å². The minimum Gasteiger partial charge on any atom is -0.462 e. The number of ether oxygens (including phenoxy) is 1. The first kappa shape index (κ1) is 23.3. The van der Waals surface area contributed by atoms with Crippen molar-refractivity contribution in [3.63, 3.8) is 0 Å². The molecule has 1 amide bonds. The molecule has 31 heavy (non-hydrogen) atoms. The Labute approximate surface area is 196 Å².